The van der Waals surface area contributed by atoms with E-state index < -0.39 is 10.5 Å². The van der Waals surface area contributed by atoms with Crippen molar-refractivity contribution < 1.29 is 10.5 Å². The van der Waals surface area contributed by atoms with Crippen molar-refractivity contribution in [3.63, 3.8) is 0 Å². The fourth-order valence-electron chi connectivity index (χ4n) is 0. The van der Waals surface area contributed by atoms with Gasteiger partial charge in [0.2, 0.25) is 0 Å². The zero-order chi connectivity index (χ0) is 3.58. The Balaban J connectivity index is 2.32. The fourth-order valence-corrected chi connectivity index (χ4v) is 0. The van der Waals surface area contributed by atoms with Gasteiger partial charge in [0.25, 0.3) is 0 Å². The van der Waals surface area contributed by atoms with Crippen molar-refractivity contribution in [2.75, 3.05) is 0 Å². The van der Waals surface area contributed by atoms with Gasteiger partial charge >= 0.3 is 49.6 Å². The molecule has 0 saturated carbocycles. The Kier molecular flexibility index (Phi) is 4.65. The Morgan fingerprint density at radius 2 is 1.50 bits per heavy atom. The summed E-state index contributed by atoms with van der Waals surface area (Å²) in [5.74, 6) is 0. The zero-order valence-electron chi connectivity index (χ0n) is 1.84. The van der Waals surface area contributed by atoms with Crippen LogP contribution in [0.5, 0.6) is 0 Å². The SMILES string of the molecule is [Cl][Zn-]([Cl])[I]. The van der Waals surface area contributed by atoms with Crippen LogP contribution in [0.25, 0.3) is 0 Å². The van der Waals surface area contributed by atoms with E-state index in [1.165, 1.54) is 0 Å². The standard InChI is InChI=1S/2ClH.HI.Zn/h3*1H;/q;;;+2/p-3. The molecule has 0 radical (unpaired) electrons. The first-order chi connectivity index (χ1) is 1.73. The van der Waals surface area contributed by atoms with Gasteiger partial charge in [-0.15, -0.1) is 0 Å². The molecule has 0 N–H and O–H groups in total. The molecule has 0 aliphatic heterocycles. The molecule has 0 amide bonds. The van der Waals surface area contributed by atoms with E-state index in [9.17, 15) is 0 Å². The topological polar surface area (TPSA) is 0 Å². The van der Waals surface area contributed by atoms with Crippen molar-refractivity contribution >= 4 is 39.1 Å². The van der Waals surface area contributed by atoms with Gasteiger partial charge in [0.15, 0.2) is 0 Å². The number of rotatable bonds is 0. The van der Waals surface area contributed by atoms with Crippen LogP contribution >= 0.6 is 39.1 Å². The Hall–Kier alpha value is 1.93. The molecule has 0 atom stereocenters. The molecule has 0 unspecified atom stereocenters. The van der Waals surface area contributed by atoms with E-state index in [1.807, 2.05) is 0 Å². The van der Waals surface area contributed by atoms with Gasteiger partial charge in [-0.05, 0) is 0 Å². The summed E-state index contributed by atoms with van der Waals surface area (Å²) >= 11 is 2.08. The summed E-state index contributed by atoms with van der Waals surface area (Å²) in [5.41, 5.74) is 0. The fraction of sp³-hybridized carbons (Fsp3) is 0. The van der Waals surface area contributed by atoms with E-state index in [0.717, 1.165) is 0 Å². The molecule has 0 aromatic carbocycles. The number of hydrogen-bond donors (Lipinski definition) is 0. The molecule has 0 rings (SSSR count). The summed E-state index contributed by atoms with van der Waals surface area (Å²) in [5, 5.41) is 0. The third kappa shape index (κ3) is 9.05. The minimum atomic E-state index is -1.71. The predicted molar refractivity (Wildman–Crippen MR) is 25.7 cm³/mol. The van der Waals surface area contributed by atoms with Crippen molar-refractivity contribution in [1.29, 1.82) is 0 Å². The van der Waals surface area contributed by atoms with Crippen molar-refractivity contribution in [2.24, 2.45) is 0 Å². The van der Waals surface area contributed by atoms with E-state index in [0.29, 0.717) is 0 Å². The van der Waals surface area contributed by atoms with Gasteiger partial charge in [-0.1, -0.05) is 0 Å². The molecular formula is Cl2IZn-. The van der Waals surface area contributed by atoms with Crippen LogP contribution in [-0.4, -0.2) is 0 Å². The maximum atomic E-state index is 5.24. The quantitative estimate of drug-likeness (QED) is 0.464. The van der Waals surface area contributed by atoms with E-state index >= 15 is 0 Å². The summed E-state index contributed by atoms with van der Waals surface area (Å²) in [6, 6.07) is 0. The Morgan fingerprint density at radius 3 is 1.50 bits per heavy atom. The average Bonchev–Trinajstić information content (AvgIpc) is 0.811. The molecule has 0 heterocycles. The molecule has 0 fully saturated rings. The minimum absolute atomic E-state index is 1.71. The normalized spacial score (nSPS) is 6.75. The molecular weight excluding hydrogens is 263 g/mol. The molecule has 0 aromatic heterocycles. The zero-order valence-corrected chi connectivity index (χ0v) is 8.48. The summed E-state index contributed by atoms with van der Waals surface area (Å²) in [6.07, 6.45) is 0. The van der Waals surface area contributed by atoms with Crippen LogP contribution < -0.4 is 0 Å². The molecule has 0 saturated heterocycles. The van der Waals surface area contributed by atoms with Crippen molar-refractivity contribution in [2.45, 2.75) is 0 Å². The summed E-state index contributed by atoms with van der Waals surface area (Å²) in [4.78, 5) is 0. The van der Waals surface area contributed by atoms with Gasteiger partial charge in [0, 0.05) is 0 Å². The molecule has 0 nitrogen and oxygen atoms in total. The first-order valence-electron chi connectivity index (χ1n) is 0.802. The van der Waals surface area contributed by atoms with Crippen molar-refractivity contribution in [3.05, 3.63) is 0 Å². The van der Waals surface area contributed by atoms with Gasteiger partial charge < -0.3 is 0 Å². The van der Waals surface area contributed by atoms with Crippen LogP contribution in [0.4, 0.5) is 0 Å². The summed E-state index contributed by atoms with van der Waals surface area (Å²) < 4.78 is 0. The maximum absolute atomic E-state index is 5.24. The van der Waals surface area contributed by atoms with E-state index in [4.69, 9.17) is 19.4 Å². The second-order valence-corrected chi connectivity index (χ2v) is 25.9. The Morgan fingerprint density at radius 1 is 1.50 bits per heavy atom. The summed E-state index contributed by atoms with van der Waals surface area (Å²) in [6.45, 7) is 0. The molecule has 0 bridgehead atoms. The molecule has 0 aliphatic carbocycles. The Labute approximate surface area is 49.0 Å². The second kappa shape index (κ2) is 3.14. The van der Waals surface area contributed by atoms with Crippen LogP contribution in [0.3, 0.4) is 0 Å². The molecule has 0 spiro atoms. The van der Waals surface area contributed by atoms with Gasteiger partial charge in [0.05, 0.1) is 0 Å². The first-order valence-corrected chi connectivity index (χ1v) is 17.6. The van der Waals surface area contributed by atoms with E-state index in [2.05, 4.69) is 19.8 Å². The third-order valence-corrected chi connectivity index (χ3v) is 0. The molecule has 4 heavy (non-hydrogen) atoms. The van der Waals surface area contributed by atoms with Crippen molar-refractivity contribution in [1.82, 2.24) is 0 Å². The van der Waals surface area contributed by atoms with E-state index in [-0.39, 0.29) is 0 Å². The van der Waals surface area contributed by atoms with Gasteiger partial charge in [0.1, 0.15) is 0 Å². The van der Waals surface area contributed by atoms with Crippen LogP contribution in [0.15, 0.2) is 0 Å². The third-order valence-electron chi connectivity index (χ3n) is 0. The monoisotopic (exact) mass is 261 g/mol. The van der Waals surface area contributed by atoms with Crippen molar-refractivity contribution in [3.8, 4) is 0 Å². The van der Waals surface area contributed by atoms with Crippen LogP contribution in [0.1, 0.15) is 0 Å². The second-order valence-electron chi connectivity index (χ2n) is 0.303. The Bertz CT molecular complexity index is 10.8. The molecule has 4 heteroatoms. The number of halogens is 3. The predicted octanol–water partition coefficient (Wildman–Crippen LogP) is 2.26. The van der Waals surface area contributed by atoms with E-state index in [1.54, 1.807) is 0 Å². The summed E-state index contributed by atoms with van der Waals surface area (Å²) in [7, 11) is 8.76. The van der Waals surface area contributed by atoms with Gasteiger partial charge in [-0.3, -0.25) is 0 Å². The van der Waals surface area contributed by atoms with Crippen LogP contribution in [0, 0.1) is 0 Å². The van der Waals surface area contributed by atoms with Gasteiger partial charge in [-0.2, -0.15) is 0 Å². The molecule has 24 valence electrons. The van der Waals surface area contributed by atoms with Crippen LogP contribution in [-0.2, 0) is 10.5 Å². The average molecular weight is 263 g/mol. The molecule has 0 aliphatic rings. The number of hydrogen-bond acceptors (Lipinski definition) is 0. The van der Waals surface area contributed by atoms with Gasteiger partial charge in [-0.25, -0.2) is 0 Å². The molecule has 0 aromatic rings. The van der Waals surface area contributed by atoms with Crippen LogP contribution in [0.2, 0.25) is 0 Å². The first kappa shape index (κ1) is 5.93.